The monoisotopic (exact) mass is 372 g/mol. The summed E-state index contributed by atoms with van der Waals surface area (Å²) in [6.07, 6.45) is 4.13. The summed E-state index contributed by atoms with van der Waals surface area (Å²) < 4.78 is 43.1. The van der Waals surface area contributed by atoms with Gasteiger partial charge in [0.25, 0.3) is 0 Å². The second-order valence-corrected chi connectivity index (χ2v) is 8.31. The van der Waals surface area contributed by atoms with Crippen molar-refractivity contribution in [1.29, 1.82) is 0 Å². The molecule has 0 unspecified atom stereocenters. The third-order valence-electron chi connectivity index (χ3n) is 4.42. The second-order valence-electron chi connectivity index (χ2n) is 6.30. The Morgan fingerprint density at radius 3 is 2.73 bits per heavy atom. The second kappa shape index (κ2) is 6.34. The number of rotatable bonds is 3. The van der Waals surface area contributed by atoms with Crippen molar-refractivity contribution in [2.24, 2.45) is 0 Å². The minimum Gasteiger partial charge on any atom is -0.436 e. The standard InChI is InChI=1S/C19H17FN2O3S/c1-26(23,24)14-3-4-15(16(20)11-14)19-22-17-10-13(2-5-18(17)25-19)12-6-8-21-9-7-12/h2-6,10-11,21H,7-9H2,1H3. The van der Waals surface area contributed by atoms with E-state index in [2.05, 4.69) is 16.4 Å². The molecule has 0 radical (unpaired) electrons. The van der Waals surface area contributed by atoms with Crippen molar-refractivity contribution >= 4 is 26.5 Å². The Morgan fingerprint density at radius 2 is 2.04 bits per heavy atom. The molecule has 0 amide bonds. The van der Waals surface area contributed by atoms with Gasteiger partial charge in [0.15, 0.2) is 15.4 Å². The van der Waals surface area contributed by atoms with Crippen LogP contribution in [0, 0.1) is 5.82 Å². The third kappa shape index (κ3) is 3.15. The first-order valence-electron chi connectivity index (χ1n) is 8.22. The molecule has 1 aliphatic rings. The lowest BCUT2D eigenvalue weighted by molar-refractivity contribution is 0.585. The van der Waals surface area contributed by atoms with E-state index in [0.717, 1.165) is 37.4 Å². The Morgan fingerprint density at radius 1 is 1.19 bits per heavy atom. The molecule has 4 rings (SSSR count). The molecule has 3 aromatic rings. The smallest absolute Gasteiger partial charge is 0.230 e. The van der Waals surface area contributed by atoms with Crippen molar-refractivity contribution < 1.29 is 17.2 Å². The molecule has 134 valence electrons. The fourth-order valence-electron chi connectivity index (χ4n) is 3.03. The van der Waals surface area contributed by atoms with E-state index in [4.69, 9.17) is 4.42 Å². The molecule has 0 fully saturated rings. The van der Waals surface area contributed by atoms with Gasteiger partial charge in [0.05, 0.1) is 10.5 Å². The van der Waals surface area contributed by atoms with Gasteiger partial charge in [0, 0.05) is 12.8 Å². The molecule has 2 heterocycles. The average molecular weight is 372 g/mol. The van der Waals surface area contributed by atoms with Gasteiger partial charge in [-0.15, -0.1) is 0 Å². The zero-order chi connectivity index (χ0) is 18.3. The Hall–Kier alpha value is -2.51. The van der Waals surface area contributed by atoms with Crippen LogP contribution in [0.1, 0.15) is 12.0 Å². The average Bonchev–Trinajstić information content (AvgIpc) is 3.04. The summed E-state index contributed by atoms with van der Waals surface area (Å²) in [5, 5.41) is 3.27. The van der Waals surface area contributed by atoms with Crippen LogP contribution in [0.4, 0.5) is 4.39 Å². The molecule has 0 atom stereocenters. The van der Waals surface area contributed by atoms with Crippen LogP contribution >= 0.6 is 0 Å². The van der Waals surface area contributed by atoms with E-state index in [1.165, 1.54) is 17.7 Å². The van der Waals surface area contributed by atoms with E-state index in [-0.39, 0.29) is 16.3 Å². The third-order valence-corrected chi connectivity index (χ3v) is 5.53. The summed E-state index contributed by atoms with van der Waals surface area (Å²) in [5.41, 5.74) is 3.66. The van der Waals surface area contributed by atoms with Gasteiger partial charge in [0.2, 0.25) is 5.89 Å². The molecule has 0 bridgehead atoms. The summed E-state index contributed by atoms with van der Waals surface area (Å²) in [6, 6.07) is 9.46. The molecule has 1 aliphatic heterocycles. The van der Waals surface area contributed by atoms with Crippen LogP contribution < -0.4 is 5.32 Å². The highest BCUT2D eigenvalue weighted by Gasteiger charge is 2.17. The van der Waals surface area contributed by atoms with Crippen molar-refractivity contribution in [3.05, 3.63) is 53.9 Å². The molecular weight excluding hydrogens is 355 g/mol. The minimum absolute atomic E-state index is 0.0741. The Bertz CT molecular complexity index is 1130. The first-order chi connectivity index (χ1) is 12.4. The number of nitrogens with zero attached hydrogens (tertiary/aromatic N) is 1. The summed E-state index contributed by atoms with van der Waals surface area (Å²) in [5.74, 6) is -0.547. The molecule has 0 spiro atoms. The summed E-state index contributed by atoms with van der Waals surface area (Å²) in [4.78, 5) is 4.32. The number of halogens is 1. The number of hydrogen-bond donors (Lipinski definition) is 1. The van der Waals surface area contributed by atoms with Gasteiger partial charge in [-0.1, -0.05) is 12.1 Å². The first-order valence-corrected chi connectivity index (χ1v) is 10.1. The molecule has 0 saturated carbocycles. The molecule has 1 aromatic heterocycles. The lowest BCUT2D eigenvalue weighted by Crippen LogP contribution is -2.19. The maximum absolute atomic E-state index is 14.4. The van der Waals surface area contributed by atoms with Crippen molar-refractivity contribution in [1.82, 2.24) is 10.3 Å². The van der Waals surface area contributed by atoms with Crippen LogP contribution in [0.5, 0.6) is 0 Å². The highest BCUT2D eigenvalue weighted by molar-refractivity contribution is 7.90. The summed E-state index contributed by atoms with van der Waals surface area (Å²) in [7, 11) is -3.47. The fraction of sp³-hybridized carbons (Fsp3) is 0.211. The van der Waals surface area contributed by atoms with E-state index in [1.54, 1.807) is 0 Å². The van der Waals surface area contributed by atoms with Crippen LogP contribution in [0.25, 0.3) is 28.1 Å². The summed E-state index contributed by atoms with van der Waals surface area (Å²) in [6.45, 7) is 1.78. The van der Waals surface area contributed by atoms with Crippen molar-refractivity contribution in [2.45, 2.75) is 11.3 Å². The SMILES string of the molecule is CS(=O)(=O)c1ccc(-c2nc3cc(C4=CCNCC4)ccc3o2)c(F)c1. The van der Waals surface area contributed by atoms with E-state index >= 15 is 0 Å². The van der Waals surface area contributed by atoms with Crippen LogP contribution in [0.2, 0.25) is 0 Å². The van der Waals surface area contributed by atoms with Crippen molar-refractivity contribution in [2.75, 3.05) is 19.3 Å². The van der Waals surface area contributed by atoms with Crippen molar-refractivity contribution in [3.63, 3.8) is 0 Å². The number of oxazole rings is 1. The Labute approximate surface area is 150 Å². The zero-order valence-corrected chi connectivity index (χ0v) is 14.9. The zero-order valence-electron chi connectivity index (χ0n) is 14.1. The molecular formula is C19H17FN2O3S. The van der Waals surface area contributed by atoms with Crippen molar-refractivity contribution in [3.8, 4) is 11.5 Å². The normalized spacial score (nSPS) is 15.2. The molecule has 7 heteroatoms. The quantitative estimate of drug-likeness (QED) is 0.763. The molecule has 1 N–H and O–H groups in total. The maximum atomic E-state index is 14.4. The minimum atomic E-state index is -3.47. The van der Waals surface area contributed by atoms with Gasteiger partial charge in [-0.2, -0.15) is 0 Å². The largest absolute Gasteiger partial charge is 0.436 e. The highest BCUT2D eigenvalue weighted by Crippen LogP contribution is 2.30. The van der Waals surface area contributed by atoms with Gasteiger partial charge in [-0.25, -0.2) is 17.8 Å². The van der Waals surface area contributed by atoms with Crippen LogP contribution in [0.15, 0.2) is 51.8 Å². The first kappa shape index (κ1) is 16.9. The number of benzene rings is 2. The Balaban J connectivity index is 1.75. The van der Waals surface area contributed by atoms with Crippen LogP contribution in [-0.4, -0.2) is 32.7 Å². The number of hydrogen-bond acceptors (Lipinski definition) is 5. The van der Waals surface area contributed by atoms with Gasteiger partial charge < -0.3 is 9.73 Å². The van der Waals surface area contributed by atoms with E-state index < -0.39 is 15.7 Å². The molecule has 26 heavy (non-hydrogen) atoms. The molecule has 0 saturated heterocycles. The van der Waals surface area contributed by atoms with Gasteiger partial charge in [-0.3, -0.25) is 0 Å². The number of nitrogens with one attached hydrogen (secondary N) is 1. The fourth-order valence-corrected chi connectivity index (χ4v) is 3.66. The lowest BCUT2D eigenvalue weighted by atomic mass is 10.00. The molecule has 0 aliphatic carbocycles. The summed E-state index contributed by atoms with van der Waals surface area (Å²) >= 11 is 0. The van der Waals surface area contributed by atoms with Gasteiger partial charge >= 0.3 is 0 Å². The van der Waals surface area contributed by atoms with Crippen LogP contribution in [-0.2, 0) is 9.84 Å². The number of sulfone groups is 1. The number of aromatic nitrogens is 1. The molecule has 5 nitrogen and oxygen atoms in total. The van der Waals surface area contributed by atoms with Gasteiger partial charge in [-0.05, 0) is 54.4 Å². The van der Waals surface area contributed by atoms with E-state index in [9.17, 15) is 12.8 Å². The highest BCUT2D eigenvalue weighted by atomic mass is 32.2. The van der Waals surface area contributed by atoms with E-state index in [0.29, 0.717) is 11.1 Å². The Kier molecular flexibility index (Phi) is 4.13. The number of fused-ring (bicyclic) bond motifs is 1. The lowest BCUT2D eigenvalue weighted by Gasteiger charge is -2.13. The molecule has 2 aromatic carbocycles. The predicted octanol–water partition coefficient (Wildman–Crippen LogP) is 3.41. The van der Waals surface area contributed by atoms with Gasteiger partial charge in [0.1, 0.15) is 11.3 Å². The predicted molar refractivity (Wildman–Crippen MR) is 98.0 cm³/mol. The van der Waals surface area contributed by atoms with Crippen LogP contribution in [0.3, 0.4) is 0 Å². The topological polar surface area (TPSA) is 72.2 Å². The maximum Gasteiger partial charge on any atom is 0.230 e. The van der Waals surface area contributed by atoms with E-state index in [1.807, 2.05) is 18.2 Å².